The van der Waals surface area contributed by atoms with Crippen LogP contribution >= 0.6 is 11.6 Å². The molecule has 0 radical (unpaired) electrons. The molecule has 0 bridgehead atoms. The smallest absolute Gasteiger partial charge is 0.297 e. The molecule has 2 aromatic rings. The van der Waals surface area contributed by atoms with Crippen LogP contribution in [0.1, 0.15) is 5.69 Å². The second kappa shape index (κ2) is 5.73. The molecule has 2 N–H and O–H groups in total. The van der Waals surface area contributed by atoms with Crippen LogP contribution in [0, 0.1) is 0 Å². The van der Waals surface area contributed by atoms with Gasteiger partial charge in [0.2, 0.25) is 0 Å². The van der Waals surface area contributed by atoms with Crippen molar-refractivity contribution in [1.29, 1.82) is 0 Å². The maximum Gasteiger partial charge on any atom is 0.297 e. The van der Waals surface area contributed by atoms with Gasteiger partial charge < -0.3 is 20.0 Å². The lowest BCUT2D eigenvalue weighted by atomic mass is 10.2. The predicted octanol–water partition coefficient (Wildman–Crippen LogP) is 2.11. The van der Waals surface area contributed by atoms with Gasteiger partial charge >= 0.3 is 0 Å². The van der Waals surface area contributed by atoms with E-state index in [4.69, 9.17) is 21.8 Å². The minimum absolute atomic E-state index is 0.409. The van der Waals surface area contributed by atoms with Gasteiger partial charge in [0.1, 0.15) is 6.26 Å². The van der Waals surface area contributed by atoms with E-state index in [9.17, 15) is 0 Å². The summed E-state index contributed by atoms with van der Waals surface area (Å²) >= 11 is 6.03. The number of anilines is 2. The Labute approximate surface area is 122 Å². The molecule has 1 fully saturated rings. The molecule has 1 aromatic carbocycles. The second-order valence-electron chi connectivity index (χ2n) is 4.78. The summed E-state index contributed by atoms with van der Waals surface area (Å²) in [5, 5.41) is 0.769. The Balaban J connectivity index is 1.64. The maximum absolute atomic E-state index is 6.03. The van der Waals surface area contributed by atoms with Crippen molar-refractivity contribution < 1.29 is 4.42 Å². The van der Waals surface area contributed by atoms with Crippen LogP contribution in [-0.4, -0.2) is 31.2 Å². The number of nitrogens with two attached hydrogens (primary N) is 1. The number of rotatable bonds is 3. The number of hydrogen-bond acceptors (Lipinski definition) is 5. The molecular weight excluding hydrogens is 276 g/mol. The number of piperazine rings is 1. The first-order valence-corrected chi connectivity index (χ1v) is 7.04. The Morgan fingerprint density at radius 3 is 2.60 bits per heavy atom. The fourth-order valence-corrected chi connectivity index (χ4v) is 2.55. The van der Waals surface area contributed by atoms with Crippen molar-refractivity contribution in [3.63, 3.8) is 0 Å². The summed E-state index contributed by atoms with van der Waals surface area (Å²) in [5.74, 6) is 0. The number of benzene rings is 1. The number of halogens is 1. The Kier molecular flexibility index (Phi) is 3.80. The number of nitrogens with zero attached hydrogens (tertiary/aromatic N) is 3. The fraction of sp³-hybridized carbons (Fsp3) is 0.357. The van der Waals surface area contributed by atoms with Gasteiger partial charge in [-0.1, -0.05) is 17.7 Å². The minimum Gasteiger partial charge on any atom is -0.432 e. The summed E-state index contributed by atoms with van der Waals surface area (Å²) in [6, 6.07) is 8.61. The van der Waals surface area contributed by atoms with Crippen LogP contribution in [0.3, 0.4) is 0 Å². The van der Waals surface area contributed by atoms with Crippen LogP contribution in [0.4, 0.5) is 11.7 Å². The third-order valence-electron chi connectivity index (χ3n) is 3.47. The van der Waals surface area contributed by atoms with Gasteiger partial charge in [-0.15, -0.1) is 0 Å². The number of oxazole rings is 1. The van der Waals surface area contributed by atoms with Crippen molar-refractivity contribution in [2.75, 3.05) is 36.0 Å². The zero-order valence-corrected chi connectivity index (χ0v) is 11.9. The van der Waals surface area contributed by atoms with Gasteiger partial charge in [0, 0.05) is 43.4 Å². The molecule has 0 unspecified atom stereocenters. The van der Waals surface area contributed by atoms with E-state index in [2.05, 4.69) is 20.9 Å². The molecule has 0 amide bonds. The summed E-state index contributed by atoms with van der Waals surface area (Å²) in [6.45, 7) is 3.99. The molecule has 1 aliphatic rings. The molecular formula is C14H17ClN4O. The third-order valence-corrected chi connectivity index (χ3v) is 3.71. The van der Waals surface area contributed by atoms with E-state index in [0.29, 0.717) is 12.6 Å². The van der Waals surface area contributed by atoms with Crippen LogP contribution in [0.25, 0.3) is 0 Å². The monoisotopic (exact) mass is 292 g/mol. The highest BCUT2D eigenvalue weighted by Crippen LogP contribution is 2.22. The van der Waals surface area contributed by atoms with Crippen LogP contribution < -0.4 is 15.5 Å². The lowest BCUT2D eigenvalue weighted by Crippen LogP contribution is -2.46. The normalized spacial score (nSPS) is 15.7. The Morgan fingerprint density at radius 2 is 1.95 bits per heavy atom. The molecule has 5 nitrogen and oxygen atoms in total. The quantitative estimate of drug-likeness (QED) is 0.939. The zero-order chi connectivity index (χ0) is 13.9. The summed E-state index contributed by atoms with van der Waals surface area (Å²) in [4.78, 5) is 8.81. The SMILES string of the molecule is NCc1coc(N2CCN(c3cccc(Cl)c3)CC2)n1. The van der Waals surface area contributed by atoms with Crippen molar-refractivity contribution in [3.05, 3.63) is 41.2 Å². The molecule has 0 saturated carbocycles. The molecule has 106 valence electrons. The lowest BCUT2D eigenvalue weighted by Gasteiger charge is -2.35. The minimum atomic E-state index is 0.409. The standard InChI is InChI=1S/C14H17ClN4O/c15-11-2-1-3-13(8-11)18-4-6-19(7-5-18)14-17-12(9-16)10-20-14/h1-3,8,10H,4-7,9,16H2. The molecule has 0 aliphatic carbocycles. The van der Waals surface area contributed by atoms with E-state index >= 15 is 0 Å². The molecule has 2 heterocycles. The van der Waals surface area contributed by atoms with Crippen LogP contribution in [0.2, 0.25) is 5.02 Å². The van der Waals surface area contributed by atoms with E-state index in [1.807, 2.05) is 18.2 Å². The highest BCUT2D eigenvalue weighted by atomic mass is 35.5. The van der Waals surface area contributed by atoms with Crippen molar-refractivity contribution in [2.45, 2.75) is 6.54 Å². The molecule has 20 heavy (non-hydrogen) atoms. The van der Waals surface area contributed by atoms with Gasteiger partial charge in [0.15, 0.2) is 0 Å². The number of hydrogen-bond donors (Lipinski definition) is 1. The Bertz CT molecular complexity index is 578. The van der Waals surface area contributed by atoms with E-state index in [1.165, 1.54) is 0 Å². The summed E-state index contributed by atoms with van der Waals surface area (Å²) < 4.78 is 5.45. The topological polar surface area (TPSA) is 58.5 Å². The van der Waals surface area contributed by atoms with Gasteiger partial charge in [0.05, 0.1) is 5.69 Å². The summed E-state index contributed by atoms with van der Waals surface area (Å²) in [5.41, 5.74) is 7.49. The second-order valence-corrected chi connectivity index (χ2v) is 5.22. The first-order valence-electron chi connectivity index (χ1n) is 6.66. The molecule has 3 rings (SSSR count). The van der Waals surface area contributed by atoms with Gasteiger partial charge in [-0.3, -0.25) is 0 Å². The highest BCUT2D eigenvalue weighted by Gasteiger charge is 2.20. The average molecular weight is 293 g/mol. The lowest BCUT2D eigenvalue weighted by molar-refractivity contribution is 0.516. The van der Waals surface area contributed by atoms with Gasteiger partial charge in [-0.05, 0) is 18.2 Å². The molecule has 1 aromatic heterocycles. The zero-order valence-electron chi connectivity index (χ0n) is 11.1. The predicted molar refractivity (Wildman–Crippen MR) is 80.3 cm³/mol. The highest BCUT2D eigenvalue weighted by molar-refractivity contribution is 6.30. The molecule has 1 aliphatic heterocycles. The largest absolute Gasteiger partial charge is 0.432 e. The van der Waals surface area contributed by atoms with Crippen molar-refractivity contribution in [1.82, 2.24) is 4.98 Å². The average Bonchev–Trinajstić information content (AvgIpc) is 2.96. The molecule has 1 saturated heterocycles. The van der Waals surface area contributed by atoms with Crippen molar-refractivity contribution >= 4 is 23.3 Å². The van der Waals surface area contributed by atoms with E-state index < -0.39 is 0 Å². The maximum atomic E-state index is 6.03. The van der Waals surface area contributed by atoms with Crippen molar-refractivity contribution in [2.24, 2.45) is 5.73 Å². The van der Waals surface area contributed by atoms with E-state index in [-0.39, 0.29) is 0 Å². The molecule has 0 atom stereocenters. The Hall–Kier alpha value is -1.72. The first kappa shape index (κ1) is 13.3. The first-order chi connectivity index (χ1) is 9.76. The van der Waals surface area contributed by atoms with Crippen LogP contribution in [0.5, 0.6) is 0 Å². The Morgan fingerprint density at radius 1 is 1.20 bits per heavy atom. The van der Waals surface area contributed by atoms with E-state index in [1.54, 1.807) is 6.26 Å². The van der Waals surface area contributed by atoms with Gasteiger partial charge in [0.25, 0.3) is 6.01 Å². The number of aromatic nitrogens is 1. The van der Waals surface area contributed by atoms with E-state index in [0.717, 1.165) is 42.6 Å². The van der Waals surface area contributed by atoms with Gasteiger partial charge in [-0.2, -0.15) is 4.98 Å². The van der Waals surface area contributed by atoms with Crippen LogP contribution in [-0.2, 0) is 6.54 Å². The van der Waals surface area contributed by atoms with Gasteiger partial charge in [-0.25, -0.2) is 0 Å². The molecule has 0 spiro atoms. The third kappa shape index (κ3) is 2.73. The summed E-state index contributed by atoms with van der Waals surface area (Å²) in [7, 11) is 0. The van der Waals surface area contributed by atoms with Crippen LogP contribution in [0.15, 0.2) is 34.9 Å². The summed E-state index contributed by atoms with van der Waals surface area (Å²) in [6.07, 6.45) is 1.62. The fourth-order valence-electron chi connectivity index (χ4n) is 2.36. The van der Waals surface area contributed by atoms with Crippen molar-refractivity contribution in [3.8, 4) is 0 Å². The molecule has 6 heteroatoms.